The van der Waals surface area contributed by atoms with Crippen molar-refractivity contribution in [1.82, 2.24) is 0 Å². The topological polar surface area (TPSA) is 43.4 Å². The quantitative estimate of drug-likeness (QED) is 0.128. The Morgan fingerprint density at radius 3 is 0.897 bits per heavy atom. The van der Waals surface area contributed by atoms with E-state index in [1.165, 1.54) is 52.5 Å². The van der Waals surface area contributed by atoms with Crippen molar-refractivity contribution >= 4 is 109 Å². The van der Waals surface area contributed by atoms with Gasteiger partial charge in [-0.05, 0) is 177 Å². The molecule has 6 nitrogen and oxygen atoms in total. The van der Waals surface area contributed by atoms with Gasteiger partial charge in [0.1, 0.15) is 23.0 Å². The van der Waals surface area contributed by atoms with Crippen LogP contribution in [-0.4, -0.2) is 28.4 Å². The summed E-state index contributed by atoms with van der Waals surface area (Å²) in [6.45, 7) is 0. The summed E-state index contributed by atoms with van der Waals surface area (Å²) in [7, 11) is 6.79. The summed E-state index contributed by atoms with van der Waals surface area (Å²) >= 11 is 3.63. The molecule has 0 spiro atoms. The van der Waals surface area contributed by atoms with E-state index in [4.69, 9.17) is 18.9 Å². The van der Waals surface area contributed by atoms with Gasteiger partial charge in [0.2, 0.25) is 0 Å². The highest BCUT2D eigenvalue weighted by molar-refractivity contribution is 7.26. The lowest BCUT2D eigenvalue weighted by Crippen LogP contribution is -2.10. The van der Waals surface area contributed by atoms with Gasteiger partial charge in [-0.25, -0.2) is 0 Å². The summed E-state index contributed by atoms with van der Waals surface area (Å²) in [5.74, 6) is 3.24. The maximum Gasteiger partial charge on any atom is 0.119 e. The SMILES string of the molecule is COc1ccc(N(c2ccc(OC)cc2)c2ccc3c4ccc(N(c5ccc(OC)cc5)c5ccc(OC)cc5)cc4c4c5ccsc5c5sccc5c4c3c2)cc1. The summed E-state index contributed by atoms with van der Waals surface area (Å²) in [6, 6.07) is 51.4. The van der Waals surface area contributed by atoms with E-state index in [0.717, 1.165) is 57.1 Å². The summed E-state index contributed by atoms with van der Waals surface area (Å²) in [5.41, 5.74) is 6.21. The van der Waals surface area contributed by atoms with Gasteiger partial charge in [-0.15, -0.1) is 22.7 Å². The molecule has 0 N–H and O–H groups in total. The Labute approximate surface area is 344 Å². The fraction of sp³-hybridized carbons (Fsp3) is 0.0800. The van der Waals surface area contributed by atoms with Crippen LogP contribution in [0.25, 0.3) is 52.5 Å². The van der Waals surface area contributed by atoms with Crippen molar-refractivity contribution in [1.29, 1.82) is 0 Å². The molecule has 284 valence electrons. The largest absolute Gasteiger partial charge is 0.497 e. The third-order valence-electron chi connectivity index (χ3n) is 11.0. The molecule has 10 aromatic rings. The maximum absolute atomic E-state index is 5.54. The fourth-order valence-electron chi connectivity index (χ4n) is 8.24. The Morgan fingerprint density at radius 1 is 0.310 bits per heavy atom. The third-order valence-corrected chi connectivity index (χ3v) is 13.0. The van der Waals surface area contributed by atoms with E-state index in [1.807, 2.05) is 71.2 Å². The van der Waals surface area contributed by atoms with Crippen LogP contribution < -0.4 is 28.7 Å². The molecule has 8 aromatic carbocycles. The van der Waals surface area contributed by atoms with E-state index in [0.29, 0.717) is 0 Å². The molecule has 0 saturated carbocycles. The molecule has 0 aliphatic heterocycles. The van der Waals surface area contributed by atoms with Crippen molar-refractivity contribution in [2.45, 2.75) is 0 Å². The van der Waals surface area contributed by atoms with Gasteiger partial charge in [-0.3, -0.25) is 0 Å². The third kappa shape index (κ3) is 5.92. The first-order chi connectivity index (χ1) is 28.6. The zero-order chi connectivity index (χ0) is 39.3. The number of rotatable bonds is 10. The lowest BCUT2D eigenvalue weighted by atomic mass is 9.90. The van der Waals surface area contributed by atoms with Crippen LogP contribution in [0, 0.1) is 0 Å². The second kappa shape index (κ2) is 14.6. The number of thiophene rings is 2. The molecule has 8 heteroatoms. The number of benzene rings is 8. The summed E-state index contributed by atoms with van der Waals surface area (Å²) in [4.78, 5) is 4.60. The number of hydrogen-bond acceptors (Lipinski definition) is 8. The smallest absolute Gasteiger partial charge is 0.119 e. The summed E-state index contributed by atoms with van der Waals surface area (Å²) in [5, 5.41) is 14.3. The van der Waals surface area contributed by atoms with E-state index >= 15 is 0 Å². The first-order valence-electron chi connectivity index (χ1n) is 18.9. The summed E-state index contributed by atoms with van der Waals surface area (Å²) in [6.07, 6.45) is 0. The Hall–Kier alpha value is -6.74. The summed E-state index contributed by atoms with van der Waals surface area (Å²) < 4.78 is 24.8. The molecule has 0 aliphatic carbocycles. The molecule has 0 saturated heterocycles. The average Bonchev–Trinajstić information content (AvgIpc) is 3.98. The van der Waals surface area contributed by atoms with Gasteiger partial charge in [0.25, 0.3) is 0 Å². The lowest BCUT2D eigenvalue weighted by molar-refractivity contribution is 0.414. The van der Waals surface area contributed by atoms with Gasteiger partial charge in [0.15, 0.2) is 0 Å². The van der Waals surface area contributed by atoms with E-state index in [-0.39, 0.29) is 0 Å². The van der Waals surface area contributed by atoms with E-state index in [9.17, 15) is 0 Å². The van der Waals surface area contributed by atoms with Crippen molar-refractivity contribution in [3.63, 3.8) is 0 Å². The fourth-order valence-corrected chi connectivity index (χ4v) is 10.2. The van der Waals surface area contributed by atoms with Crippen LogP contribution in [0.3, 0.4) is 0 Å². The minimum absolute atomic E-state index is 0.811. The zero-order valence-electron chi connectivity index (χ0n) is 32.4. The molecule has 0 atom stereocenters. The predicted octanol–water partition coefficient (Wildman–Crippen LogP) is 14.5. The molecule has 0 aliphatic rings. The minimum atomic E-state index is 0.811. The van der Waals surface area contributed by atoms with Crippen LogP contribution in [0.1, 0.15) is 0 Å². The van der Waals surface area contributed by atoms with E-state index in [1.54, 1.807) is 28.4 Å². The highest BCUT2D eigenvalue weighted by Crippen LogP contribution is 2.50. The molecule has 0 radical (unpaired) electrons. The zero-order valence-corrected chi connectivity index (χ0v) is 34.0. The van der Waals surface area contributed by atoms with Crippen LogP contribution in [0.2, 0.25) is 0 Å². The Kier molecular flexibility index (Phi) is 9.00. The Balaban J connectivity index is 1.26. The maximum atomic E-state index is 5.54. The standard InChI is InChI=1S/C50H38N2O4S2/c1-53-37-15-5-31(6-16-37)51(32-7-17-38(54-2)18-8-32)35-13-23-41-42-24-14-36(52(33-9-19-39(55-3)20-10-33)34-11-21-40(56-4)22-12-34)30-46(42)48-44-26-28-58-50(44)49-43(25-27-57-49)47(48)45(41)29-35/h5-30H,1-4H3. The van der Waals surface area contributed by atoms with Gasteiger partial charge in [-0.2, -0.15) is 0 Å². The number of methoxy groups -OCH3 is 4. The number of fused-ring (bicyclic) bond motifs is 11. The van der Waals surface area contributed by atoms with Crippen LogP contribution in [-0.2, 0) is 0 Å². The van der Waals surface area contributed by atoms with Crippen molar-refractivity contribution in [3.05, 3.63) is 156 Å². The number of hydrogen-bond donors (Lipinski definition) is 0. The number of nitrogens with zero attached hydrogens (tertiary/aromatic N) is 2. The highest BCUT2D eigenvalue weighted by Gasteiger charge is 2.22. The van der Waals surface area contributed by atoms with Gasteiger partial charge in [-0.1, -0.05) is 12.1 Å². The lowest BCUT2D eigenvalue weighted by Gasteiger charge is -2.27. The van der Waals surface area contributed by atoms with E-state index < -0.39 is 0 Å². The average molecular weight is 795 g/mol. The Morgan fingerprint density at radius 2 is 0.603 bits per heavy atom. The monoisotopic (exact) mass is 794 g/mol. The Bertz CT molecular complexity index is 2790. The molecule has 2 heterocycles. The van der Waals surface area contributed by atoms with Crippen LogP contribution in [0.4, 0.5) is 34.1 Å². The predicted molar refractivity (Wildman–Crippen MR) is 245 cm³/mol. The van der Waals surface area contributed by atoms with Gasteiger partial charge in [0.05, 0.1) is 37.8 Å². The molecule has 2 aromatic heterocycles. The van der Waals surface area contributed by atoms with Crippen molar-refractivity contribution in [2.75, 3.05) is 38.2 Å². The molecular weight excluding hydrogens is 757 g/mol. The molecular formula is C50H38N2O4S2. The van der Waals surface area contributed by atoms with E-state index in [2.05, 4.69) is 118 Å². The van der Waals surface area contributed by atoms with Crippen LogP contribution in [0.15, 0.2) is 156 Å². The van der Waals surface area contributed by atoms with Crippen molar-refractivity contribution in [3.8, 4) is 23.0 Å². The molecule has 0 unspecified atom stereocenters. The van der Waals surface area contributed by atoms with Gasteiger partial charge in [0, 0.05) is 44.9 Å². The normalized spacial score (nSPS) is 11.4. The number of ether oxygens (including phenoxy) is 4. The van der Waals surface area contributed by atoms with Gasteiger partial charge >= 0.3 is 0 Å². The molecule has 0 amide bonds. The molecule has 0 bridgehead atoms. The minimum Gasteiger partial charge on any atom is -0.497 e. The van der Waals surface area contributed by atoms with Gasteiger partial charge < -0.3 is 28.7 Å². The first-order valence-corrected chi connectivity index (χ1v) is 20.7. The molecule has 0 fully saturated rings. The van der Waals surface area contributed by atoms with Crippen LogP contribution >= 0.6 is 22.7 Å². The second-order valence-corrected chi connectivity index (χ2v) is 15.8. The number of anilines is 6. The molecule has 10 rings (SSSR count). The molecule has 58 heavy (non-hydrogen) atoms. The first kappa shape index (κ1) is 35.7. The van der Waals surface area contributed by atoms with Crippen molar-refractivity contribution < 1.29 is 18.9 Å². The van der Waals surface area contributed by atoms with Crippen LogP contribution in [0.5, 0.6) is 23.0 Å². The van der Waals surface area contributed by atoms with Crippen molar-refractivity contribution in [2.24, 2.45) is 0 Å². The highest BCUT2D eigenvalue weighted by atomic mass is 32.1. The second-order valence-electron chi connectivity index (χ2n) is 14.0.